The molecule has 0 aromatic carbocycles. The molecule has 1 aliphatic rings. The van der Waals surface area contributed by atoms with Crippen molar-refractivity contribution in [3.8, 4) is 0 Å². The van der Waals surface area contributed by atoms with Crippen molar-refractivity contribution in [1.29, 1.82) is 0 Å². The number of likely N-dealkylation sites (tertiary alicyclic amines) is 1. The van der Waals surface area contributed by atoms with Crippen LogP contribution in [0.2, 0.25) is 0 Å². The van der Waals surface area contributed by atoms with Crippen molar-refractivity contribution >= 4 is 11.8 Å². The van der Waals surface area contributed by atoms with Crippen LogP contribution in [0.4, 0.5) is 0 Å². The van der Waals surface area contributed by atoms with E-state index >= 15 is 0 Å². The highest BCUT2D eigenvalue weighted by molar-refractivity contribution is 5.76. The summed E-state index contributed by atoms with van der Waals surface area (Å²) < 4.78 is 0. The van der Waals surface area contributed by atoms with Gasteiger partial charge < -0.3 is 10.2 Å². The van der Waals surface area contributed by atoms with Crippen molar-refractivity contribution in [2.24, 2.45) is 0 Å². The second-order valence-electron chi connectivity index (χ2n) is 3.71. The number of carbonyl (C=O) groups is 2. The lowest BCUT2D eigenvalue weighted by molar-refractivity contribution is -0.132. The molecule has 1 saturated heterocycles. The maximum absolute atomic E-state index is 11.3. The van der Waals surface area contributed by atoms with Crippen LogP contribution in [0.5, 0.6) is 0 Å². The number of nitrogens with zero attached hydrogens (tertiary/aromatic N) is 1. The smallest absolute Gasteiger partial charge is 0.222 e. The average molecular weight is 198 g/mol. The molecule has 1 rings (SSSR count). The molecule has 4 heteroatoms. The minimum Gasteiger partial charge on any atom is -0.353 e. The lowest BCUT2D eigenvalue weighted by Gasteiger charge is -2.32. The van der Waals surface area contributed by atoms with Gasteiger partial charge in [0.05, 0.1) is 0 Å². The third kappa shape index (κ3) is 3.01. The number of hydrogen-bond donors (Lipinski definition) is 1. The van der Waals surface area contributed by atoms with E-state index in [9.17, 15) is 9.59 Å². The van der Waals surface area contributed by atoms with Crippen LogP contribution in [-0.2, 0) is 9.59 Å². The monoisotopic (exact) mass is 198 g/mol. The Bertz CT molecular complexity index is 220. The Hall–Kier alpha value is -1.06. The van der Waals surface area contributed by atoms with Gasteiger partial charge >= 0.3 is 0 Å². The van der Waals surface area contributed by atoms with E-state index < -0.39 is 0 Å². The molecule has 0 saturated carbocycles. The Morgan fingerprint density at radius 1 is 1.36 bits per heavy atom. The zero-order valence-corrected chi connectivity index (χ0v) is 8.88. The van der Waals surface area contributed by atoms with E-state index in [0.29, 0.717) is 6.42 Å². The quantitative estimate of drug-likeness (QED) is 0.703. The van der Waals surface area contributed by atoms with Gasteiger partial charge in [0.1, 0.15) is 0 Å². The van der Waals surface area contributed by atoms with E-state index in [1.165, 1.54) is 6.92 Å². The molecule has 1 fully saturated rings. The molecule has 0 aliphatic carbocycles. The molecule has 80 valence electrons. The minimum atomic E-state index is 0.0188. The Balaban J connectivity index is 2.31. The molecule has 0 radical (unpaired) electrons. The SMILES string of the molecule is CCC(=O)N1CCC(NC(C)=O)CC1. The van der Waals surface area contributed by atoms with Crippen LogP contribution in [0.25, 0.3) is 0 Å². The molecular formula is C10H18N2O2. The molecule has 0 atom stereocenters. The Morgan fingerprint density at radius 2 is 1.93 bits per heavy atom. The first kappa shape index (κ1) is 11.0. The van der Waals surface area contributed by atoms with Crippen LogP contribution in [0, 0.1) is 0 Å². The van der Waals surface area contributed by atoms with Crippen molar-refractivity contribution in [2.45, 2.75) is 39.2 Å². The van der Waals surface area contributed by atoms with Gasteiger partial charge in [0.2, 0.25) is 11.8 Å². The van der Waals surface area contributed by atoms with Crippen molar-refractivity contribution in [3.05, 3.63) is 0 Å². The minimum absolute atomic E-state index is 0.0188. The molecule has 0 spiro atoms. The summed E-state index contributed by atoms with van der Waals surface area (Å²) in [7, 11) is 0. The van der Waals surface area contributed by atoms with E-state index in [1.807, 2.05) is 11.8 Å². The van der Waals surface area contributed by atoms with Gasteiger partial charge in [0.15, 0.2) is 0 Å². The predicted octanol–water partition coefficient (Wildman–Crippen LogP) is 0.523. The maximum atomic E-state index is 11.3. The Kier molecular flexibility index (Phi) is 3.92. The van der Waals surface area contributed by atoms with E-state index in [2.05, 4.69) is 5.32 Å². The van der Waals surface area contributed by atoms with Crippen molar-refractivity contribution in [3.63, 3.8) is 0 Å². The predicted molar refractivity (Wildman–Crippen MR) is 53.7 cm³/mol. The summed E-state index contributed by atoms with van der Waals surface area (Å²) >= 11 is 0. The number of nitrogens with one attached hydrogen (secondary N) is 1. The summed E-state index contributed by atoms with van der Waals surface area (Å²) in [6.07, 6.45) is 2.33. The van der Waals surface area contributed by atoms with Gasteiger partial charge in [0.25, 0.3) is 0 Å². The Labute approximate surface area is 84.7 Å². The summed E-state index contributed by atoms with van der Waals surface area (Å²) in [5, 5.41) is 2.88. The second-order valence-corrected chi connectivity index (χ2v) is 3.71. The van der Waals surface area contributed by atoms with Gasteiger partial charge in [-0.2, -0.15) is 0 Å². The molecule has 1 aliphatic heterocycles. The van der Waals surface area contributed by atoms with E-state index in [0.717, 1.165) is 25.9 Å². The molecule has 0 bridgehead atoms. The third-order valence-electron chi connectivity index (χ3n) is 2.56. The van der Waals surface area contributed by atoms with Gasteiger partial charge in [-0.25, -0.2) is 0 Å². The molecule has 2 amide bonds. The van der Waals surface area contributed by atoms with E-state index in [4.69, 9.17) is 0 Å². The van der Waals surface area contributed by atoms with Crippen LogP contribution >= 0.6 is 0 Å². The fraction of sp³-hybridized carbons (Fsp3) is 0.800. The molecule has 0 aromatic rings. The van der Waals surface area contributed by atoms with Gasteiger partial charge in [-0.05, 0) is 12.8 Å². The van der Waals surface area contributed by atoms with Crippen LogP contribution in [0.3, 0.4) is 0 Å². The second kappa shape index (κ2) is 4.98. The normalized spacial score (nSPS) is 18.0. The van der Waals surface area contributed by atoms with Crippen molar-refractivity contribution in [2.75, 3.05) is 13.1 Å². The van der Waals surface area contributed by atoms with Crippen molar-refractivity contribution < 1.29 is 9.59 Å². The summed E-state index contributed by atoms with van der Waals surface area (Å²) in [5.74, 6) is 0.233. The fourth-order valence-corrected chi connectivity index (χ4v) is 1.78. The molecule has 4 nitrogen and oxygen atoms in total. The highest BCUT2D eigenvalue weighted by Gasteiger charge is 2.21. The zero-order chi connectivity index (χ0) is 10.6. The highest BCUT2D eigenvalue weighted by Crippen LogP contribution is 2.11. The number of amides is 2. The van der Waals surface area contributed by atoms with Gasteiger partial charge in [-0.1, -0.05) is 6.92 Å². The van der Waals surface area contributed by atoms with Gasteiger partial charge in [0, 0.05) is 32.5 Å². The van der Waals surface area contributed by atoms with E-state index in [-0.39, 0.29) is 17.9 Å². The molecule has 0 aromatic heterocycles. The molecular weight excluding hydrogens is 180 g/mol. The molecule has 1 N–H and O–H groups in total. The number of hydrogen-bond acceptors (Lipinski definition) is 2. The summed E-state index contributed by atoms with van der Waals surface area (Å²) in [4.78, 5) is 24.0. The molecule has 14 heavy (non-hydrogen) atoms. The van der Waals surface area contributed by atoms with Crippen LogP contribution in [0.1, 0.15) is 33.1 Å². The summed E-state index contributed by atoms with van der Waals surface area (Å²) in [6, 6.07) is 0.258. The standard InChI is InChI=1S/C10H18N2O2/c1-3-10(14)12-6-4-9(5-7-12)11-8(2)13/h9H,3-7H2,1-2H3,(H,11,13). The topological polar surface area (TPSA) is 49.4 Å². The Morgan fingerprint density at radius 3 is 2.36 bits per heavy atom. The molecule has 0 unspecified atom stereocenters. The molecule has 1 heterocycles. The van der Waals surface area contributed by atoms with Gasteiger partial charge in [-0.3, -0.25) is 9.59 Å². The lowest BCUT2D eigenvalue weighted by Crippen LogP contribution is -2.45. The van der Waals surface area contributed by atoms with Crippen LogP contribution in [0.15, 0.2) is 0 Å². The zero-order valence-electron chi connectivity index (χ0n) is 8.88. The lowest BCUT2D eigenvalue weighted by atomic mass is 10.0. The number of piperidine rings is 1. The summed E-state index contributed by atoms with van der Waals surface area (Å²) in [5.41, 5.74) is 0. The largest absolute Gasteiger partial charge is 0.353 e. The van der Waals surface area contributed by atoms with Crippen LogP contribution in [-0.4, -0.2) is 35.8 Å². The van der Waals surface area contributed by atoms with Crippen molar-refractivity contribution in [1.82, 2.24) is 10.2 Å². The average Bonchev–Trinajstić information content (AvgIpc) is 2.17. The van der Waals surface area contributed by atoms with Gasteiger partial charge in [-0.15, -0.1) is 0 Å². The maximum Gasteiger partial charge on any atom is 0.222 e. The third-order valence-corrected chi connectivity index (χ3v) is 2.56. The fourth-order valence-electron chi connectivity index (χ4n) is 1.78. The van der Waals surface area contributed by atoms with Crippen LogP contribution < -0.4 is 5.32 Å². The highest BCUT2D eigenvalue weighted by atomic mass is 16.2. The number of rotatable bonds is 2. The first-order chi connectivity index (χ1) is 6.63. The summed E-state index contributed by atoms with van der Waals surface area (Å²) in [6.45, 7) is 4.96. The first-order valence-electron chi connectivity index (χ1n) is 5.18. The first-order valence-corrected chi connectivity index (χ1v) is 5.18. The number of carbonyl (C=O) groups excluding carboxylic acids is 2. The van der Waals surface area contributed by atoms with E-state index in [1.54, 1.807) is 0 Å².